The second-order valence-electron chi connectivity index (χ2n) is 8.58. The highest BCUT2D eigenvalue weighted by atomic mass is 127. The van der Waals surface area contributed by atoms with Gasteiger partial charge in [-0.2, -0.15) is 5.10 Å². The Labute approximate surface area is 175 Å². The summed E-state index contributed by atoms with van der Waals surface area (Å²) in [6, 6.07) is 7.62. The number of hydrogen-bond acceptors (Lipinski definition) is 3. The van der Waals surface area contributed by atoms with Crippen LogP contribution in [-0.4, -0.2) is 34.4 Å². The molecule has 4 rings (SSSR count). The number of ether oxygens (including phenoxy) is 1. The lowest BCUT2D eigenvalue weighted by Gasteiger charge is -2.15. The number of aryl methyl sites for hydroxylation is 2. The van der Waals surface area contributed by atoms with Crippen LogP contribution < -0.4 is 0 Å². The molecule has 1 aliphatic carbocycles. The molecule has 0 amide bonds. The third-order valence-corrected chi connectivity index (χ3v) is 7.48. The first-order chi connectivity index (χ1) is 12.9. The van der Waals surface area contributed by atoms with Crippen molar-refractivity contribution in [1.29, 1.82) is 0 Å². The van der Waals surface area contributed by atoms with Crippen molar-refractivity contribution >= 4 is 41.6 Å². The number of halogens is 1. The van der Waals surface area contributed by atoms with Crippen LogP contribution in [0.3, 0.4) is 0 Å². The number of nitrogens with zero attached hydrogens (tertiary/aromatic N) is 3. The minimum atomic E-state index is -1.08. The predicted octanol–water partition coefficient (Wildman–Crippen LogP) is 5.22. The van der Waals surface area contributed by atoms with E-state index in [1.165, 1.54) is 33.8 Å². The Bertz CT molecular complexity index is 933. The molecule has 2 heterocycles. The van der Waals surface area contributed by atoms with Gasteiger partial charge in [-0.3, -0.25) is 0 Å². The first-order valence-electron chi connectivity index (χ1n) is 9.73. The smallest absolute Gasteiger partial charge is 0.159 e. The molecule has 0 unspecified atom stereocenters. The molecule has 1 N–H and O–H groups in total. The maximum absolute atomic E-state index is 5.97. The molecule has 0 aliphatic heterocycles. The van der Waals surface area contributed by atoms with Crippen molar-refractivity contribution in [3.8, 4) is 11.5 Å². The number of fused-ring (bicyclic) bond motifs is 2. The zero-order valence-electron chi connectivity index (χ0n) is 16.3. The lowest BCUT2D eigenvalue weighted by Crippen LogP contribution is -2.22. The number of H-pyrrole nitrogens is 1. The lowest BCUT2D eigenvalue weighted by atomic mass is 10.0. The fraction of sp³-hybridized carbons (Fsp3) is 0.500. The van der Waals surface area contributed by atoms with Crippen molar-refractivity contribution in [2.24, 2.45) is 0 Å². The number of imidazole rings is 1. The van der Waals surface area contributed by atoms with Gasteiger partial charge in [0.15, 0.2) is 5.82 Å². The van der Waals surface area contributed by atoms with Gasteiger partial charge in [-0.25, -0.2) is 9.67 Å². The van der Waals surface area contributed by atoms with Crippen LogP contribution in [0.5, 0.6) is 0 Å². The van der Waals surface area contributed by atoms with Crippen molar-refractivity contribution in [2.75, 3.05) is 6.61 Å². The van der Waals surface area contributed by atoms with Crippen LogP contribution in [0.25, 0.3) is 22.4 Å². The van der Waals surface area contributed by atoms with Gasteiger partial charge in [0.25, 0.3) is 0 Å². The van der Waals surface area contributed by atoms with Crippen LogP contribution in [0.1, 0.15) is 24.2 Å². The van der Waals surface area contributed by atoms with E-state index in [-0.39, 0.29) is 0 Å². The van der Waals surface area contributed by atoms with Crippen molar-refractivity contribution in [3.63, 3.8) is 0 Å². The van der Waals surface area contributed by atoms with Crippen molar-refractivity contribution in [1.82, 2.24) is 19.7 Å². The van der Waals surface area contributed by atoms with E-state index in [1.807, 2.05) is 4.68 Å². The van der Waals surface area contributed by atoms with Crippen molar-refractivity contribution < 1.29 is 4.74 Å². The van der Waals surface area contributed by atoms with Crippen LogP contribution in [0.4, 0.5) is 0 Å². The van der Waals surface area contributed by atoms with E-state index in [4.69, 9.17) is 14.8 Å². The van der Waals surface area contributed by atoms with Gasteiger partial charge < -0.3 is 9.72 Å². The van der Waals surface area contributed by atoms with E-state index in [0.717, 1.165) is 41.9 Å². The van der Waals surface area contributed by atoms with E-state index in [2.05, 4.69) is 65.4 Å². The predicted molar refractivity (Wildman–Crippen MR) is 121 cm³/mol. The quantitative estimate of drug-likeness (QED) is 0.290. The Kier molecular flexibility index (Phi) is 5.44. The molecule has 0 spiro atoms. The van der Waals surface area contributed by atoms with Gasteiger partial charge in [-0.1, -0.05) is 19.6 Å². The molecule has 0 bridgehead atoms. The first-order valence-corrected chi connectivity index (χ1v) is 14.5. The van der Waals surface area contributed by atoms with Gasteiger partial charge in [0.2, 0.25) is 0 Å². The number of nitrogens with one attached hydrogen (secondary N) is 1. The van der Waals surface area contributed by atoms with Gasteiger partial charge in [0.05, 0.1) is 11.2 Å². The number of rotatable bonds is 6. The topological polar surface area (TPSA) is 55.7 Å². The standard InChI is InChI=1S/C20H27IN4OSi/c1-27(2,3)11-10-26-13-25-18-9-8-14(21)12-15(18)19(24-25)20-22-16-6-4-5-7-17(16)23-20/h8-9,12H,4-7,10-11,13H2,1-3H3,(H,22,23). The normalized spacial score (nSPS) is 14.7. The molecule has 1 aromatic carbocycles. The summed E-state index contributed by atoms with van der Waals surface area (Å²) in [6.45, 7) is 8.41. The molecule has 144 valence electrons. The Morgan fingerprint density at radius 3 is 2.81 bits per heavy atom. The summed E-state index contributed by atoms with van der Waals surface area (Å²) in [5.74, 6) is 0.898. The van der Waals surface area contributed by atoms with E-state index >= 15 is 0 Å². The highest BCUT2D eigenvalue weighted by Crippen LogP contribution is 2.30. The molecule has 5 nitrogen and oxygen atoms in total. The monoisotopic (exact) mass is 494 g/mol. The largest absolute Gasteiger partial charge is 0.360 e. The summed E-state index contributed by atoms with van der Waals surface area (Å²) >= 11 is 2.36. The molecule has 1 aliphatic rings. The van der Waals surface area contributed by atoms with Crippen LogP contribution in [0.15, 0.2) is 18.2 Å². The SMILES string of the molecule is C[Si](C)(C)CCOCn1nc(-c2nc3c([nH]2)CCCC3)c2cc(I)ccc21. The summed E-state index contributed by atoms with van der Waals surface area (Å²) in [5, 5.41) is 6.02. The third kappa shape index (κ3) is 4.30. The summed E-state index contributed by atoms with van der Waals surface area (Å²) in [5.41, 5.74) is 4.55. The summed E-state index contributed by atoms with van der Waals surface area (Å²) in [4.78, 5) is 8.41. The maximum Gasteiger partial charge on any atom is 0.159 e. The highest BCUT2D eigenvalue weighted by Gasteiger charge is 2.20. The molecule has 7 heteroatoms. The Morgan fingerprint density at radius 2 is 2.04 bits per heavy atom. The Morgan fingerprint density at radius 1 is 1.22 bits per heavy atom. The average molecular weight is 494 g/mol. The highest BCUT2D eigenvalue weighted by molar-refractivity contribution is 14.1. The number of aromatic nitrogens is 4. The molecule has 0 atom stereocenters. The van der Waals surface area contributed by atoms with Gasteiger partial charge >= 0.3 is 0 Å². The summed E-state index contributed by atoms with van der Waals surface area (Å²) < 4.78 is 9.15. The molecule has 27 heavy (non-hydrogen) atoms. The second-order valence-corrected chi connectivity index (χ2v) is 15.4. The fourth-order valence-corrected chi connectivity index (χ4v) is 4.77. The maximum atomic E-state index is 5.97. The van der Waals surface area contributed by atoms with Crippen LogP contribution in [0.2, 0.25) is 25.7 Å². The molecule has 3 aromatic rings. The Hall–Kier alpha value is -1.19. The fourth-order valence-electron chi connectivity index (χ4n) is 3.52. The summed E-state index contributed by atoms with van der Waals surface area (Å²) in [6.07, 6.45) is 4.64. The molecular formula is C20H27IN4OSi. The van der Waals surface area contributed by atoms with Crippen molar-refractivity contribution in [3.05, 3.63) is 33.2 Å². The van der Waals surface area contributed by atoms with Gasteiger partial charge in [0.1, 0.15) is 12.4 Å². The molecule has 0 fully saturated rings. The zero-order chi connectivity index (χ0) is 19.0. The van der Waals surface area contributed by atoms with E-state index < -0.39 is 8.07 Å². The number of hydrogen-bond donors (Lipinski definition) is 1. The second kappa shape index (κ2) is 7.67. The molecule has 0 radical (unpaired) electrons. The molecule has 0 saturated carbocycles. The van der Waals surface area contributed by atoms with Gasteiger partial charge in [0, 0.05) is 29.3 Å². The van der Waals surface area contributed by atoms with Crippen LogP contribution in [0, 0.1) is 3.57 Å². The Balaban J connectivity index is 1.64. The minimum absolute atomic E-state index is 0.488. The van der Waals surface area contributed by atoms with Crippen LogP contribution in [-0.2, 0) is 24.3 Å². The van der Waals surface area contributed by atoms with Gasteiger partial charge in [-0.15, -0.1) is 0 Å². The minimum Gasteiger partial charge on any atom is -0.360 e. The van der Waals surface area contributed by atoms with Crippen molar-refractivity contribution in [2.45, 2.75) is 58.1 Å². The van der Waals surface area contributed by atoms with E-state index in [1.54, 1.807) is 0 Å². The number of aromatic amines is 1. The third-order valence-electron chi connectivity index (χ3n) is 5.10. The lowest BCUT2D eigenvalue weighted by molar-refractivity contribution is 0.0818. The zero-order valence-corrected chi connectivity index (χ0v) is 19.5. The summed E-state index contributed by atoms with van der Waals surface area (Å²) in [7, 11) is -1.08. The van der Waals surface area contributed by atoms with E-state index in [9.17, 15) is 0 Å². The first kappa shape index (κ1) is 19.1. The molecular weight excluding hydrogens is 467 g/mol. The molecule has 2 aromatic heterocycles. The van der Waals surface area contributed by atoms with E-state index in [0.29, 0.717) is 6.73 Å². The van der Waals surface area contributed by atoms with Gasteiger partial charge in [-0.05, 0) is 72.5 Å². The van der Waals surface area contributed by atoms with Crippen LogP contribution >= 0.6 is 22.6 Å². The average Bonchev–Trinajstić information content (AvgIpc) is 3.18. The number of benzene rings is 1. The molecule has 0 saturated heterocycles.